The molecular formula is C11H11BrF3NO2. The first kappa shape index (κ1) is 15.0. The maximum Gasteiger partial charge on any atom is 0.417 e. The molecule has 0 spiro atoms. The summed E-state index contributed by atoms with van der Waals surface area (Å²) in [6.45, 7) is 1.26. The number of nitrogens with one attached hydrogen (secondary N) is 1. The highest BCUT2D eigenvalue weighted by Crippen LogP contribution is 2.35. The van der Waals surface area contributed by atoms with Crippen molar-refractivity contribution in [3.8, 4) is 0 Å². The fourth-order valence-corrected chi connectivity index (χ4v) is 1.71. The van der Waals surface area contributed by atoms with E-state index in [1.54, 1.807) is 6.92 Å². The molecule has 1 rings (SSSR count). The third-order valence-electron chi connectivity index (χ3n) is 2.19. The van der Waals surface area contributed by atoms with Gasteiger partial charge in [0, 0.05) is 16.1 Å². The number of alkyl halides is 3. The predicted molar refractivity (Wildman–Crippen MR) is 63.2 cm³/mol. The Labute approximate surface area is 110 Å². The van der Waals surface area contributed by atoms with Crippen molar-refractivity contribution in [2.45, 2.75) is 19.1 Å². The molecule has 7 heteroatoms. The van der Waals surface area contributed by atoms with Gasteiger partial charge in [0.1, 0.15) is 0 Å². The minimum absolute atomic E-state index is 0.106. The average Bonchev–Trinajstić information content (AvgIpc) is 2.27. The number of benzene rings is 1. The second-order valence-corrected chi connectivity index (χ2v) is 4.60. The number of aliphatic hydroxyl groups excluding tert-OH is 1. The van der Waals surface area contributed by atoms with Gasteiger partial charge in [0.05, 0.1) is 12.2 Å². The smallest absolute Gasteiger partial charge is 0.394 e. The SMILES string of the molecule is CC(CO)NC(=O)c1ccc(Br)c(C(F)(F)F)c1. The van der Waals surface area contributed by atoms with Gasteiger partial charge in [0.15, 0.2) is 0 Å². The lowest BCUT2D eigenvalue weighted by molar-refractivity contribution is -0.138. The van der Waals surface area contributed by atoms with Crippen LogP contribution in [0.15, 0.2) is 22.7 Å². The van der Waals surface area contributed by atoms with Crippen molar-refractivity contribution in [2.24, 2.45) is 0 Å². The number of aliphatic hydroxyl groups is 1. The van der Waals surface area contributed by atoms with Crippen molar-refractivity contribution < 1.29 is 23.1 Å². The molecule has 0 saturated carbocycles. The summed E-state index contributed by atoms with van der Waals surface area (Å²) >= 11 is 2.79. The van der Waals surface area contributed by atoms with Crippen molar-refractivity contribution in [3.05, 3.63) is 33.8 Å². The number of rotatable bonds is 3. The highest BCUT2D eigenvalue weighted by Gasteiger charge is 2.33. The van der Waals surface area contributed by atoms with E-state index in [4.69, 9.17) is 5.11 Å². The van der Waals surface area contributed by atoms with Crippen LogP contribution in [0.4, 0.5) is 13.2 Å². The van der Waals surface area contributed by atoms with Crippen molar-refractivity contribution in [1.29, 1.82) is 0 Å². The van der Waals surface area contributed by atoms with Crippen LogP contribution in [0.5, 0.6) is 0 Å². The van der Waals surface area contributed by atoms with Crippen LogP contribution in [-0.2, 0) is 6.18 Å². The third kappa shape index (κ3) is 3.71. The van der Waals surface area contributed by atoms with Gasteiger partial charge >= 0.3 is 6.18 Å². The number of hydrogen-bond donors (Lipinski definition) is 2. The fourth-order valence-electron chi connectivity index (χ4n) is 1.24. The molecule has 1 aromatic carbocycles. The van der Waals surface area contributed by atoms with Crippen LogP contribution in [0.3, 0.4) is 0 Å². The largest absolute Gasteiger partial charge is 0.417 e. The lowest BCUT2D eigenvalue weighted by atomic mass is 10.1. The van der Waals surface area contributed by atoms with Gasteiger partial charge in [-0.25, -0.2) is 0 Å². The Morgan fingerprint density at radius 1 is 1.50 bits per heavy atom. The summed E-state index contributed by atoms with van der Waals surface area (Å²) in [6, 6.07) is 2.69. The molecule has 1 atom stereocenters. The molecule has 1 amide bonds. The number of hydrogen-bond acceptors (Lipinski definition) is 2. The molecule has 2 N–H and O–H groups in total. The molecule has 0 saturated heterocycles. The van der Waals surface area contributed by atoms with Crippen LogP contribution in [0.25, 0.3) is 0 Å². The predicted octanol–water partition coefficient (Wildman–Crippen LogP) is 2.58. The lowest BCUT2D eigenvalue weighted by Crippen LogP contribution is -2.35. The van der Waals surface area contributed by atoms with Gasteiger partial charge in [-0.1, -0.05) is 15.9 Å². The zero-order valence-electron chi connectivity index (χ0n) is 9.38. The lowest BCUT2D eigenvalue weighted by Gasteiger charge is -2.13. The number of carbonyl (C=O) groups is 1. The Balaban J connectivity index is 3.02. The third-order valence-corrected chi connectivity index (χ3v) is 2.88. The Bertz CT molecular complexity index is 448. The van der Waals surface area contributed by atoms with Crippen LogP contribution in [0.1, 0.15) is 22.8 Å². The van der Waals surface area contributed by atoms with E-state index in [1.165, 1.54) is 12.1 Å². The standard InChI is InChI=1S/C11H11BrF3NO2/c1-6(5-17)16-10(18)7-2-3-9(12)8(4-7)11(13,14)15/h2-4,6,17H,5H2,1H3,(H,16,18). The van der Waals surface area contributed by atoms with E-state index in [-0.39, 0.29) is 16.6 Å². The maximum absolute atomic E-state index is 12.6. The van der Waals surface area contributed by atoms with Crippen molar-refractivity contribution in [2.75, 3.05) is 6.61 Å². The summed E-state index contributed by atoms with van der Waals surface area (Å²) in [7, 11) is 0. The molecule has 0 radical (unpaired) electrons. The highest BCUT2D eigenvalue weighted by molar-refractivity contribution is 9.10. The van der Waals surface area contributed by atoms with E-state index in [9.17, 15) is 18.0 Å². The molecule has 0 aliphatic carbocycles. The molecule has 18 heavy (non-hydrogen) atoms. The molecule has 0 fully saturated rings. The second-order valence-electron chi connectivity index (χ2n) is 3.75. The molecule has 0 heterocycles. The molecule has 1 aromatic rings. The molecule has 0 aliphatic heterocycles. The highest BCUT2D eigenvalue weighted by atomic mass is 79.9. The Hall–Kier alpha value is -1.08. The molecule has 0 aromatic heterocycles. The van der Waals surface area contributed by atoms with E-state index in [0.29, 0.717) is 0 Å². The quantitative estimate of drug-likeness (QED) is 0.897. The average molecular weight is 326 g/mol. The van der Waals surface area contributed by atoms with Gasteiger partial charge in [-0.2, -0.15) is 13.2 Å². The molecule has 0 aliphatic rings. The zero-order chi connectivity index (χ0) is 13.9. The van der Waals surface area contributed by atoms with Crippen molar-refractivity contribution in [1.82, 2.24) is 5.32 Å². The van der Waals surface area contributed by atoms with Crippen LogP contribution >= 0.6 is 15.9 Å². The van der Waals surface area contributed by atoms with Gasteiger partial charge in [-0.15, -0.1) is 0 Å². The van der Waals surface area contributed by atoms with E-state index >= 15 is 0 Å². The normalized spacial score (nSPS) is 13.2. The van der Waals surface area contributed by atoms with Crippen LogP contribution in [-0.4, -0.2) is 23.7 Å². The van der Waals surface area contributed by atoms with E-state index in [0.717, 1.165) is 6.07 Å². The zero-order valence-corrected chi connectivity index (χ0v) is 11.0. The number of amides is 1. The molecule has 0 bridgehead atoms. The van der Waals surface area contributed by atoms with Gasteiger partial charge in [-0.05, 0) is 25.1 Å². The molecule has 100 valence electrons. The first-order chi connectivity index (χ1) is 8.25. The number of carbonyl (C=O) groups excluding carboxylic acids is 1. The Morgan fingerprint density at radius 2 is 2.11 bits per heavy atom. The van der Waals surface area contributed by atoms with Gasteiger partial charge in [0.25, 0.3) is 5.91 Å². The maximum atomic E-state index is 12.6. The first-order valence-electron chi connectivity index (χ1n) is 5.04. The molecule has 1 unspecified atom stereocenters. The molecular weight excluding hydrogens is 315 g/mol. The molecule has 3 nitrogen and oxygen atoms in total. The van der Waals surface area contributed by atoms with Crippen molar-refractivity contribution in [3.63, 3.8) is 0 Å². The van der Waals surface area contributed by atoms with Crippen LogP contribution in [0.2, 0.25) is 0 Å². The Morgan fingerprint density at radius 3 is 2.61 bits per heavy atom. The van der Waals surface area contributed by atoms with E-state index in [2.05, 4.69) is 21.2 Å². The minimum Gasteiger partial charge on any atom is -0.394 e. The van der Waals surface area contributed by atoms with Crippen LogP contribution in [0, 0.1) is 0 Å². The van der Waals surface area contributed by atoms with Gasteiger partial charge in [0.2, 0.25) is 0 Å². The topological polar surface area (TPSA) is 49.3 Å². The summed E-state index contributed by atoms with van der Waals surface area (Å²) in [5.74, 6) is -0.658. The summed E-state index contributed by atoms with van der Waals surface area (Å²) in [6.07, 6.45) is -4.53. The monoisotopic (exact) mass is 325 g/mol. The Kier molecular flexibility index (Phi) is 4.75. The van der Waals surface area contributed by atoms with E-state index < -0.39 is 23.7 Å². The number of halogens is 4. The first-order valence-corrected chi connectivity index (χ1v) is 5.83. The van der Waals surface area contributed by atoms with Crippen molar-refractivity contribution >= 4 is 21.8 Å². The second kappa shape index (κ2) is 5.71. The summed E-state index contributed by atoms with van der Waals surface area (Å²) in [5, 5.41) is 11.1. The van der Waals surface area contributed by atoms with Crippen LogP contribution < -0.4 is 5.32 Å². The fraction of sp³-hybridized carbons (Fsp3) is 0.364. The van der Waals surface area contributed by atoms with Gasteiger partial charge < -0.3 is 10.4 Å². The minimum atomic E-state index is -4.53. The summed E-state index contributed by atoms with van der Waals surface area (Å²) < 4.78 is 37.7. The summed E-state index contributed by atoms with van der Waals surface area (Å²) in [4.78, 5) is 11.6. The van der Waals surface area contributed by atoms with Gasteiger partial charge in [-0.3, -0.25) is 4.79 Å². The van der Waals surface area contributed by atoms with E-state index in [1.807, 2.05) is 0 Å². The summed E-state index contributed by atoms with van der Waals surface area (Å²) in [5.41, 5.74) is -1.02.